The average Bonchev–Trinajstić information content (AvgIpc) is 2.96. The molecule has 2 heterocycles. The molecular weight excluding hydrogens is 238 g/mol. The van der Waals surface area contributed by atoms with Crippen molar-refractivity contribution < 1.29 is 0 Å². The molecule has 1 fully saturated rings. The number of aryl methyl sites for hydroxylation is 1. The molecule has 0 atom stereocenters. The Labute approximate surface area is 112 Å². The van der Waals surface area contributed by atoms with E-state index in [4.69, 9.17) is 0 Å². The van der Waals surface area contributed by atoms with Crippen LogP contribution < -0.4 is 10.2 Å². The molecular formula is C14H17N5. The van der Waals surface area contributed by atoms with Gasteiger partial charge in [0.05, 0.1) is 6.20 Å². The lowest BCUT2D eigenvalue weighted by Gasteiger charge is -2.15. The lowest BCUT2D eigenvalue weighted by molar-refractivity contribution is 0.890. The lowest BCUT2D eigenvalue weighted by atomic mass is 10.2. The summed E-state index contributed by atoms with van der Waals surface area (Å²) in [6.07, 6.45) is 4.18. The van der Waals surface area contributed by atoms with Crippen LogP contribution in [0.2, 0.25) is 0 Å². The molecule has 1 N–H and O–H groups in total. The third-order valence-corrected chi connectivity index (χ3v) is 3.28. The predicted octanol–water partition coefficient (Wildman–Crippen LogP) is 2.52. The second-order valence-corrected chi connectivity index (χ2v) is 4.82. The minimum absolute atomic E-state index is 0.549. The average molecular weight is 255 g/mol. The highest BCUT2D eigenvalue weighted by atomic mass is 15.3. The highest BCUT2D eigenvalue weighted by Crippen LogP contribution is 2.19. The maximum atomic E-state index is 4.51. The molecule has 2 aromatic rings. The van der Waals surface area contributed by atoms with Crippen molar-refractivity contribution in [1.29, 1.82) is 0 Å². The first-order valence-corrected chi connectivity index (χ1v) is 6.60. The number of benzene rings is 1. The van der Waals surface area contributed by atoms with Crippen molar-refractivity contribution in [3.8, 4) is 0 Å². The van der Waals surface area contributed by atoms with Gasteiger partial charge in [0, 0.05) is 18.8 Å². The highest BCUT2D eigenvalue weighted by Gasteiger charge is 2.14. The van der Waals surface area contributed by atoms with E-state index in [9.17, 15) is 0 Å². The van der Waals surface area contributed by atoms with Crippen LogP contribution in [0.1, 0.15) is 18.4 Å². The monoisotopic (exact) mass is 255 g/mol. The molecule has 98 valence electrons. The number of hydrogen-bond acceptors (Lipinski definition) is 5. The normalized spacial score (nSPS) is 14.7. The second-order valence-electron chi connectivity index (χ2n) is 4.82. The third-order valence-electron chi connectivity index (χ3n) is 3.28. The number of hydrogen-bond donors (Lipinski definition) is 1. The Bertz CT molecular complexity index is 546. The first kappa shape index (κ1) is 11.9. The van der Waals surface area contributed by atoms with Gasteiger partial charge in [0.2, 0.25) is 5.95 Å². The maximum absolute atomic E-state index is 4.51. The van der Waals surface area contributed by atoms with Gasteiger partial charge in [-0.1, -0.05) is 17.7 Å². The van der Waals surface area contributed by atoms with Crippen LogP contribution in [-0.4, -0.2) is 28.3 Å². The zero-order valence-corrected chi connectivity index (χ0v) is 11.0. The van der Waals surface area contributed by atoms with Crippen LogP contribution in [0.15, 0.2) is 30.5 Å². The lowest BCUT2D eigenvalue weighted by Crippen LogP contribution is -2.19. The van der Waals surface area contributed by atoms with Gasteiger partial charge in [0.25, 0.3) is 0 Å². The molecule has 1 aliphatic heterocycles. The third kappa shape index (κ3) is 2.81. The van der Waals surface area contributed by atoms with Crippen LogP contribution in [0.5, 0.6) is 0 Å². The number of nitrogens with one attached hydrogen (secondary N) is 1. The number of aromatic nitrogens is 3. The molecule has 1 aromatic heterocycles. The van der Waals surface area contributed by atoms with Crippen molar-refractivity contribution in [3.63, 3.8) is 0 Å². The van der Waals surface area contributed by atoms with Crippen molar-refractivity contribution in [2.75, 3.05) is 23.3 Å². The van der Waals surface area contributed by atoms with E-state index in [1.807, 2.05) is 12.1 Å². The molecule has 1 aliphatic rings. The number of nitrogens with zero attached hydrogens (tertiary/aromatic N) is 4. The van der Waals surface area contributed by atoms with Crippen LogP contribution in [0.25, 0.3) is 0 Å². The van der Waals surface area contributed by atoms with E-state index in [0.29, 0.717) is 5.95 Å². The van der Waals surface area contributed by atoms with Crippen LogP contribution in [0, 0.1) is 6.92 Å². The fourth-order valence-electron chi connectivity index (χ4n) is 2.21. The predicted molar refractivity (Wildman–Crippen MR) is 75.7 cm³/mol. The first-order chi connectivity index (χ1) is 9.31. The van der Waals surface area contributed by atoms with Gasteiger partial charge in [0.1, 0.15) is 0 Å². The molecule has 5 nitrogen and oxygen atoms in total. The molecule has 0 amide bonds. The molecule has 1 saturated heterocycles. The summed E-state index contributed by atoms with van der Waals surface area (Å²) < 4.78 is 0. The van der Waals surface area contributed by atoms with Crippen LogP contribution in [-0.2, 0) is 0 Å². The standard InChI is InChI=1S/C14H17N5/c1-11-4-6-12(7-5-11)16-14-17-13(10-15-18-14)19-8-2-3-9-19/h4-7,10H,2-3,8-9H2,1H3,(H,16,17,18). The summed E-state index contributed by atoms with van der Waals surface area (Å²) in [5.74, 6) is 1.45. The fraction of sp³-hybridized carbons (Fsp3) is 0.357. The van der Waals surface area contributed by atoms with E-state index in [2.05, 4.69) is 44.5 Å². The Morgan fingerprint density at radius 1 is 1.11 bits per heavy atom. The van der Waals surface area contributed by atoms with Gasteiger partial charge in [-0.15, -0.1) is 5.10 Å². The largest absolute Gasteiger partial charge is 0.355 e. The fourth-order valence-corrected chi connectivity index (χ4v) is 2.21. The Morgan fingerprint density at radius 3 is 2.58 bits per heavy atom. The van der Waals surface area contributed by atoms with Crippen molar-refractivity contribution in [3.05, 3.63) is 36.0 Å². The summed E-state index contributed by atoms with van der Waals surface area (Å²) in [6, 6.07) is 8.14. The maximum Gasteiger partial charge on any atom is 0.249 e. The van der Waals surface area contributed by atoms with Crippen molar-refractivity contribution >= 4 is 17.5 Å². The van der Waals surface area contributed by atoms with Gasteiger partial charge < -0.3 is 10.2 Å². The minimum Gasteiger partial charge on any atom is -0.355 e. The molecule has 3 rings (SSSR count). The van der Waals surface area contributed by atoms with Crippen molar-refractivity contribution in [2.24, 2.45) is 0 Å². The van der Waals surface area contributed by atoms with Gasteiger partial charge in [-0.2, -0.15) is 10.1 Å². The summed E-state index contributed by atoms with van der Waals surface area (Å²) in [5, 5.41) is 11.2. The van der Waals surface area contributed by atoms with Crippen LogP contribution in [0.4, 0.5) is 17.5 Å². The molecule has 0 bridgehead atoms. The SMILES string of the molecule is Cc1ccc(Nc2nncc(N3CCCC3)n2)cc1. The van der Waals surface area contributed by atoms with Gasteiger partial charge in [-0.3, -0.25) is 0 Å². The van der Waals surface area contributed by atoms with Gasteiger partial charge in [-0.25, -0.2) is 0 Å². The molecule has 5 heteroatoms. The zero-order valence-electron chi connectivity index (χ0n) is 11.0. The second kappa shape index (κ2) is 5.22. The summed E-state index contributed by atoms with van der Waals surface area (Å²) >= 11 is 0. The van der Waals surface area contributed by atoms with Gasteiger partial charge >= 0.3 is 0 Å². The van der Waals surface area contributed by atoms with E-state index >= 15 is 0 Å². The Kier molecular flexibility index (Phi) is 3.27. The molecule has 0 saturated carbocycles. The summed E-state index contributed by atoms with van der Waals surface area (Å²) in [6.45, 7) is 4.18. The summed E-state index contributed by atoms with van der Waals surface area (Å²) in [4.78, 5) is 6.76. The first-order valence-electron chi connectivity index (χ1n) is 6.60. The Morgan fingerprint density at radius 2 is 1.84 bits per heavy atom. The van der Waals surface area contributed by atoms with Crippen LogP contribution in [0.3, 0.4) is 0 Å². The molecule has 19 heavy (non-hydrogen) atoms. The minimum atomic E-state index is 0.549. The topological polar surface area (TPSA) is 53.9 Å². The Hall–Kier alpha value is -2.17. The Balaban J connectivity index is 1.77. The van der Waals surface area contributed by atoms with Crippen LogP contribution >= 0.6 is 0 Å². The van der Waals surface area contributed by atoms with E-state index in [1.54, 1.807) is 6.20 Å². The van der Waals surface area contributed by atoms with E-state index in [-0.39, 0.29) is 0 Å². The summed E-state index contributed by atoms with van der Waals surface area (Å²) in [5.41, 5.74) is 2.21. The van der Waals surface area contributed by atoms with Gasteiger partial charge in [-0.05, 0) is 31.9 Å². The molecule has 0 radical (unpaired) electrons. The molecule has 1 aromatic carbocycles. The van der Waals surface area contributed by atoms with Gasteiger partial charge in [0.15, 0.2) is 5.82 Å². The summed E-state index contributed by atoms with van der Waals surface area (Å²) in [7, 11) is 0. The van der Waals surface area contributed by atoms with Crippen molar-refractivity contribution in [1.82, 2.24) is 15.2 Å². The quantitative estimate of drug-likeness (QED) is 0.913. The number of anilines is 3. The van der Waals surface area contributed by atoms with E-state index < -0.39 is 0 Å². The number of rotatable bonds is 3. The molecule has 0 unspecified atom stereocenters. The zero-order chi connectivity index (χ0) is 13.1. The highest BCUT2D eigenvalue weighted by molar-refractivity contribution is 5.54. The smallest absolute Gasteiger partial charge is 0.249 e. The molecule has 0 aliphatic carbocycles. The molecule has 0 spiro atoms. The van der Waals surface area contributed by atoms with E-state index in [0.717, 1.165) is 24.6 Å². The van der Waals surface area contributed by atoms with E-state index in [1.165, 1.54) is 18.4 Å². The van der Waals surface area contributed by atoms with Crippen molar-refractivity contribution in [2.45, 2.75) is 19.8 Å².